The molecule has 136 valence electrons. The van der Waals surface area contributed by atoms with Crippen LogP contribution in [0.4, 0.5) is 13.2 Å². The minimum Gasteiger partial charge on any atom is -0.457 e. The van der Waals surface area contributed by atoms with Gasteiger partial charge in [-0.05, 0) is 24.6 Å². The zero-order valence-electron chi connectivity index (χ0n) is 13.7. The molecule has 0 saturated carbocycles. The molecule has 1 aliphatic rings. The number of hydrogen-bond acceptors (Lipinski definition) is 4. The second kappa shape index (κ2) is 7.28. The van der Waals surface area contributed by atoms with Crippen LogP contribution in [0.3, 0.4) is 0 Å². The van der Waals surface area contributed by atoms with Gasteiger partial charge in [0.15, 0.2) is 0 Å². The fraction of sp³-hybridized carbons (Fsp3) is 0.222. The highest BCUT2D eigenvalue weighted by Crippen LogP contribution is 2.38. The van der Waals surface area contributed by atoms with Crippen LogP contribution in [0.5, 0.6) is 0 Å². The highest BCUT2D eigenvalue weighted by molar-refractivity contribution is 8.26. The van der Waals surface area contributed by atoms with Crippen LogP contribution in [-0.2, 0) is 11.0 Å². The van der Waals surface area contributed by atoms with E-state index in [1.54, 1.807) is 0 Å². The van der Waals surface area contributed by atoms with E-state index in [2.05, 4.69) is 0 Å². The number of amides is 1. The number of thiocarbonyl (C=S) groups is 1. The van der Waals surface area contributed by atoms with Crippen LogP contribution in [0.25, 0.3) is 17.4 Å². The van der Waals surface area contributed by atoms with Gasteiger partial charge in [0.1, 0.15) is 15.8 Å². The van der Waals surface area contributed by atoms with Crippen LogP contribution >= 0.6 is 24.0 Å². The number of carbonyl (C=O) groups excluding carboxylic acids is 1. The first kappa shape index (κ1) is 18.7. The standard InChI is InChI=1S/C18H14F3NO2S2/c1-2-9-22-16(23)15(26-17(22)25)10-11-7-8-14(24-11)12-5-3-4-6-13(12)18(19,20)21/h3-8,10H,2,9H2,1H3/b15-10-. The van der Waals surface area contributed by atoms with Crippen molar-refractivity contribution in [2.24, 2.45) is 0 Å². The Kier molecular flexibility index (Phi) is 5.24. The molecule has 0 atom stereocenters. The van der Waals surface area contributed by atoms with Gasteiger partial charge < -0.3 is 4.42 Å². The van der Waals surface area contributed by atoms with Crippen molar-refractivity contribution in [2.75, 3.05) is 6.54 Å². The second-order valence-corrected chi connectivity index (χ2v) is 7.25. The summed E-state index contributed by atoms with van der Waals surface area (Å²) in [5.41, 5.74) is -0.812. The van der Waals surface area contributed by atoms with E-state index in [4.69, 9.17) is 16.6 Å². The van der Waals surface area contributed by atoms with E-state index < -0.39 is 11.7 Å². The molecule has 1 amide bonds. The number of furan rings is 1. The monoisotopic (exact) mass is 397 g/mol. The van der Waals surface area contributed by atoms with E-state index in [1.807, 2.05) is 6.92 Å². The topological polar surface area (TPSA) is 33.5 Å². The highest BCUT2D eigenvalue weighted by Gasteiger charge is 2.34. The van der Waals surface area contributed by atoms with Gasteiger partial charge in [0, 0.05) is 18.2 Å². The molecule has 1 fully saturated rings. The van der Waals surface area contributed by atoms with Gasteiger partial charge in [-0.3, -0.25) is 9.69 Å². The van der Waals surface area contributed by atoms with Gasteiger partial charge in [0.2, 0.25) is 0 Å². The summed E-state index contributed by atoms with van der Waals surface area (Å²) in [6.07, 6.45) is -2.19. The molecule has 2 heterocycles. The number of benzene rings is 1. The molecule has 26 heavy (non-hydrogen) atoms. The molecular formula is C18H14F3NO2S2. The van der Waals surface area contributed by atoms with E-state index in [0.29, 0.717) is 21.5 Å². The normalized spacial score (nSPS) is 16.8. The quantitative estimate of drug-likeness (QED) is 0.498. The second-order valence-electron chi connectivity index (χ2n) is 5.58. The van der Waals surface area contributed by atoms with Gasteiger partial charge in [0.05, 0.1) is 10.5 Å². The summed E-state index contributed by atoms with van der Waals surface area (Å²) < 4.78 is 45.5. The van der Waals surface area contributed by atoms with Gasteiger partial charge in [-0.15, -0.1) is 0 Å². The Morgan fingerprint density at radius 2 is 1.96 bits per heavy atom. The van der Waals surface area contributed by atoms with Crippen LogP contribution in [0.2, 0.25) is 0 Å². The van der Waals surface area contributed by atoms with Gasteiger partial charge in [-0.2, -0.15) is 13.2 Å². The van der Waals surface area contributed by atoms with Crippen LogP contribution in [-0.4, -0.2) is 21.7 Å². The van der Waals surface area contributed by atoms with Crippen molar-refractivity contribution >= 4 is 40.3 Å². The fourth-order valence-electron chi connectivity index (χ4n) is 2.57. The molecular weight excluding hydrogens is 383 g/mol. The Labute approximate surface area is 157 Å². The molecule has 0 spiro atoms. The third-order valence-corrected chi connectivity index (χ3v) is 5.10. The van der Waals surface area contributed by atoms with Crippen molar-refractivity contribution in [3.05, 3.63) is 52.6 Å². The summed E-state index contributed by atoms with van der Waals surface area (Å²) in [5, 5.41) is 0. The first-order chi connectivity index (χ1) is 12.3. The van der Waals surface area contributed by atoms with Crippen LogP contribution in [0.15, 0.2) is 45.7 Å². The molecule has 0 radical (unpaired) electrons. The number of nitrogens with zero attached hydrogens (tertiary/aromatic N) is 1. The van der Waals surface area contributed by atoms with Crippen LogP contribution in [0, 0.1) is 0 Å². The third-order valence-electron chi connectivity index (χ3n) is 3.72. The van der Waals surface area contributed by atoms with Crippen LogP contribution < -0.4 is 0 Å². The Balaban J connectivity index is 1.91. The minimum atomic E-state index is -4.48. The maximum Gasteiger partial charge on any atom is 0.417 e. The lowest BCUT2D eigenvalue weighted by molar-refractivity contribution is -0.137. The molecule has 1 aliphatic heterocycles. The van der Waals surface area contributed by atoms with E-state index >= 15 is 0 Å². The number of halogens is 3. The van der Waals surface area contributed by atoms with E-state index in [0.717, 1.165) is 24.2 Å². The number of thioether (sulfide) groups is 1. The Morgan fingerprint density at radius 3 is 2.65 bits per heavy atom. The molecule has 0 bridgehead atoms. The SMILES string of the molecule is CCCN1C(=O)/C(=C/c2ccc(-c3ccccc3C(F)(F)F)o2)SC1=S. The number of carbonyl (C=O) groups is 1. The maximum absolute atomic E-state index is 13.2. The largest absolute Gasteiger partial charge is 0.457 e. The lowest BCUT2D eigenvalue weighted by Crippen LogP contribution is -2.28. The van der Waals surface area contributed by atoms with Crippen LogP contribution in [0.1, 0.15) is 24.7 Å². The van der Waals surface area contributed by atoms with Crippen molar-refractivity contribution in [2.45, 2.75) is 19.5 Å². The molecule has 3 rings (SSSR count). The van der Waals surface area contributed by atoms with Gasteiger partial charge in [-0.1, -0.05) is 49.1 Å². The number of rotatable bonds is 4. The molecule has 2 aromatic rings. The van der Waals surface area contributed by atoms with Crippen molar-refractivity contribution < 1.29 is 22.4 Å². The van der Waals surface area contributed by atoms with E-state index in [-0.39, 0.29) is 17.2 Å². The highest BCUT2D eigenvalue weighted by atomic mass is 32.2. The Bertz CT molecular complexity index is 887. The van der Waals surface area contributed by atoms with Crippen molar-refractivity contribution in [3.63, 3.8) is 0 Å². The zero-order valence-corrected chi connectivity index (χ0v) is 15.3. The summed E-state index contributed by atoms with van der Waals surface area (Å²) in [4.78, 5) is 14.2. The molecule has 3 nitrogen and oxygen atoms in total. The fourth-order valence-corrected chi connectivity index (χ4v) is 3.85. The number of hydrogen-bond donors (Lipinski definition) is 0. The van der Waals surface area contributed by atoms with E-state index in [9.17, 15) is 18.0 Å². The van der Waals surface area contributed by atoms with Gasteiger partial charge in [-0.25, -0.2) is 0 Å². The van der Waals surface area contributed by atoms with Gasteiger partial charge >= 0.3 is 6.18 Å². The van der Waals surface area contributed by atoms with Gasteiger partial charge in [0.25, 0.3) is 5.91 Å². The Morgan fingerprint density at radius 1 is 1.23 bits per heavy atom. The minimum absolute atomic E-state index is 0.0434. The predicted molar refractivity (Wildman–Crippen MR) is 99.3 cm³/mol. The van der Waals surface area contributed by atoms with E-state index in [1.165, 1.54) is 41.3 Å². The summed E-state index contributed by atoms with van der Waals surface area (Å²) in [6.45, 7) is 2.48. The third kappa shape index (κ3) is 3.71. The van der Waals surface area contributed by atoms with Crippen molar-refractivity contribution in [3.8, 4) is 11.3 Å². The molecule has 0 N–H and O–H groups in total. The molecule has 0 unspecified atom stereocenters. The van der Waals surface area contributed by atoms with Crippen molar-refractivity contribution in [1.29, 1.82) is 0 Å². The zero-order chi connectivity index (χ0) is 18.9. The molecule has 0 aliphatic carbocycles. The lowest BCUT2D eigenvalue weighted by Gasteiger charge is -2.11. The predicted octanol–water partition coefficient (Wildman–Crippen LogP) is 5.58. The first-order valence-corrected chi connectivity index (χ1v) is 9.05. The maximum atomic E-state index is 13.2. The average Bonchev–Trinajstić information content (AvgIpc) is 3.15. The number of alkyl halides is 3. The van der Waals surface area contributed by atoms with Crippen molar-refractivity contribution in [1.82, 2.24) is 4.90 Å². The lowest BCUT2D eigenvalue weighted by atomic mass is 10.1. The summed E-state index contributed by atoms with van der Waals surface area (Å²) in [6, 6.07) is 8.20. The molecule has 8 heteroatoms. The first-order valence-electron chi connectivity index (χ1n) is 7.83. The summed E-state index contributed by atoms with van der Waals surface area (Å²) >= 11 is 6.35. The average molecular weight is 397 g/mol. The summed E-state index contributed by atoms with van der Waals surface area (Å²) in [7, 11) is 0. The molecule has 1 aromatic heterocycles. The summed E-state index contributed by atoms with van der Waals surface area (Å²) in [5.74, 6) is 0.178. The molecule has 1 saturated heterocycles. The smallest absolute Gasteiger partial charge is 0.417 e. The molecule has 1 aromatic carbocycles. The Hall–Kier alpha value is -2.06.